The van der Waals surface area contributed by atoms with Gasteiger partial charge in [-0.1, -0.05) is 42.2 Å². The van der Waals surface area contributed by atoms with Crippen LogP contribution in [0.15, 0.2) is 34.0 Å². The Morgan fingerprint density at radius 2 is 1.97 bits per heavy atom. The molecule has 8 nitrogen and oxygen atoms in total. The Kier molecular flexibility index (Phi) is 6.69. The molecule has 184 valence electrons. The number of rotatable bonds is 5. The van der Waals surface area contributed by atoms with Crippen molar-refractivity contribution >= 4 is 62.8 Å². The van der Waals surface area contributed by atoms with Gasteiger partial charge in [-0.15, -0.1) is 0 Å². The summed E-state index contributed by atoms with van der Waals surface area (Å²) in [6.07, 6.45) is 4.83. The number of hydrogen-bond acceptors (Lipinski definition) is 7. The van der Waals surface area contributed by atoms with Gasteiger partial charge in [0.15, 0.2) is 0 Å². The van der Waals surface area contributed by atoms with Crippen LogP contribution >= 0.6 is 24.0 Å². The molecule has 2 N–H and O–H groups in total. The number of primary amides is 1. The van der Waals surface area contributed by atoms with Crippen LogP contribution in [0.4, 0.5) is 5.69 Å². The van der Waals surface area contributed by atoms with Gasteiger partial charge < -0.3 is 19.9 Å². The van der Waals surface area contributed by atoms with Crippen molar-refractivity contribution in [2.45, 2.75) is 31.8 Å². The summed E-state index contributed by atoms with van der Waals surface area (Å²) in [5.41, 5.74) is 7.42. The zero-order valence-electron chi connectivity index (χ0n) is 19.6. The SMILES string of the molecule is Cn1c(=O)c(/C=C2/SC(=S)N(C[C@H]3CCCO3)C2=O)c(N2CCC(C(N)=O)CC2)c2ccccc21. The number of nitrogens with two attached hydrogens (primary N) is 1. The standard InChI is InChI=1S/C25H28N4O4S2/c1-27-19-7-3-2-6-17(19)21(28-10-8-15(9-11-28)22(26)30)18(23(27)31)13-20-24(32)29(25(34)35-20)14-16-5-4-12-33-16/h2-3,6-7,13,15-16H,4-5,8-12,14H2,1H3,(H2,26,30)/b20-13+/t16-/m1/s1. The van der Waals surface area contributed by atoms with Crippen LogP contribution in [0.25, 0.3) is 17.0 Å². The molecule has 2 aromatic rings. The number of fused-ring (bicyclic) bond motifs is 1. The number of benzene rings is 1. The molecular weight excluding hydrogens is 484 g/mol. The maximum atomic E-state index is 13.6. The zero-order chi connectivity index (χ0) is 24.7. The van der Waals surface area contributed by atoms with E-state index in [0.29, 0.717) is 53.9 Å². The summed E-state index contributed by atoms with van der Waals surface area (Å²) in [6.45, 7) is 2.35. The first kappa shape index (κ1) is 24.0. The lowest BCUT2D eigenvalue weighted by molar-refractivity contribution is -0.123. The van der Waals surface area contributed by atoms with Crippen LogP contribution in [0.1, 0.15) is 31.2 Å². The summed E-state index contributed by atoms with van der Waals surface area (Å²) < 4.78 is 7.80. The third kappa shape index (κ3) is 4.50. The van der Waals surface area contributed by atoms with Crippen molar-refractivity contribution < 1.29 is 14.3 Å². The molecule has 0 bridgehead atoms. The van der Waals surface area contributed by atoms with Crippen molar-refractivity contribution in [3.8, 4) is 0 Å². The van der Waals surface area contributed by atoms with Crippen LogP contribution < -0.4 is 16.2 Å². The van der Waals surface area contributed by atoms with Gasteiger partial charge in [0, 0.05) is 38.0 Å². The molecule has 0 aliphatic carbocycles. The van der Waals surface area contributed by atoms with E-state index >= 15 is 0 Å². The lowest BCUT2D eigenvalue weighted by atomic mass is 9.94. The number of amides is 2. The number of ether oxygens (including phenoxy) is 1. The molecule has 1 aromatic heterocycles. The number of pyridine rings is 1. The molecule has 10 heteroatoms. The zero-order valence-corrected chi connectivity index (χ0v) is 21.2. The number of aryl methyl sites for hydroxylation is 1. The van der Waals surface area contributed by atoms with Crippen LogP contribution in [0.3, 0.4) is 0 Å². The van der Waals surface area contributed by atoms with E-state index in [0.717, 1.165) is 29.4 Å². The highest BCUT2D eigenvalue weighted by atomic mass is 32.2. The number of thiocarbonyl (C=S) groups is 1. The predicted molar refractivity (Wildman–Crippen MR) is 142 cm³/mol. The molecule has 35 heavy (non-hydrogen) atoms. The Labute approximate surface area is 213 Å². The number of carbonyl (C=O) groups is 2. The quantitative estimate of drug-likeness (QED) is 0.486. The topological polar surface area (TPSA) is 97.9 Å². The molecule has 3 aliphatic rings. The summed E-state index contributed by atoms with van der Waals surface area (Å²) in [5.74, 6) is -0.640. The van der Waals surface area contributed by atoms with Gasteiger partial charge in [-0.3, -0.25) is 19.3 Å². The minimum atomic E-state index is -0.284. The number of para-hydroxylation sites is 1. The highest BCUT2D eigenvalue weighted by Gasteiger charge is 2.35. The smallest absolute Gasteiger partial charge is 0.266 e. The van der Waals surface area contributed by atoms with E-state index in [9.17, 15) is 14.4 Å². The van der Waals surface area contributed by atoms with Crippen LogP contribution in [0, 0.1) is 5.92 Å². The van der Waals surface area contributed by atoms with E-state index in [4.69, 9.17) is 22.7 Å². The second kappa shape index (κ2) is 9.75. The third-order valence-corrected chi connectivity index (χ3v) is 8.46. The molecule has 0 saturated carbocycles. The van der Waals surface area contributed by atoms with Crippen molar-refractivity contribution in [2.75, 3.05) is 31.1 Å². The lowest BCUT2D eigenvalue weighted by Gasteiger charge is -2.34. The van der Waals surface area contributed by atoms with Crippen molar-refractivity contribution in [1.29, 1.82) is 0 Å². The number of carbonyl (C=O) groups excluding carboxylic acids is 2. The summed E-state index contributed by atoms with van der Waals surface area (Å²) in [4.78, 5) is 42.7. The van der Waals surface area contributed by atoms with Crippen LogP contribution in [0.5, 0.6) is 0 Å². The Hall–Kier alpha value is -2.69. The van der Waals surface area contributed by atoms with E-state index in [-0.39, 0.29) is 29.4 Å². The second-order valence-electron chi connectivity index (χ2n) is 9.23. The summed E-state index contributed by atoms with van der Waals surface area (Å²) >= 11 is 6.74. The Morgan fingerprint density at radius 3 is 2.66 bits per heavy atom. The minimum Gasteiger partial charge on any atom is -0.376 e. The van der Waals surface area contributed by atoms with Crippen molar-refractivity contribution in [1.82, 2.24) is 9.47 Å². The Balaban J connectivity index is 1.56. The van der Waals surface area contributed by atoms with Gasteiger partial charge in [0.25, 0.3) is 11.5 Å². The fraction of sp³-hybridized carbons (Fsp3) is 0.440. The fourth-order valence-corrected chi connectivity index (χ4v) is 6.40. The van der Waals surface area contributed by atoms with E-state index in [2.05, 4.69) is 4.90 Å². The van der Waals surface area contributed by atoms with Gasteiger partial charge in [0.05, 0.1) is 34.3 Å². The Morgan fingerprint density at radius 1 is 1.23 bits per heavy atom. The number of hydrogen-bond donors (Lipinski definition) is 1. The van der Waals surface area contributed by atoms with Crippen LogP contribution in [-0.4, -0.2) is 57.9 Å². The molecule has 4 heterocycles. The molecule has 3 aliphatic heterocycles. The molecule has 2 amide bonds. The normalized spacial score (nSPS) is 22.7. The predicted octanol–water partition coefficient (Wildman–Crippen LogP) is 2.62. The number of thioether (sulfide) groups is 1. The average molecular weight is 513 g/mol. The summed E-state index contributed by atoms with van der Waals surface area (Å²) in [5, 5.41) is 0.924. The second-order valence-corrected chi connectivity index (χ2v) is 10.9. The molecule has 0 unspecified atom stereocenters. The highest BCUT2D eigenvalue weighted by Crippen LogP contribution is 2.37. The number of nitrogens with zero attached hydrogens (tertiary/aromatic N) is 3. The first-order valence-corrected chi connectivity index (χ1v) is 13.1. The highest BCUT2D eigenvalue weighted by molar-refractivity contribution is 8.26. The van der Waals surface area contributed by atoms with Gasteiger partial charge in [0.2, 0.25) is 5.91 Å². The van der Waals surface area contributed by atoms with Gasteiger partial charge in [-0.25, -0.2) is 0 Å². The maximum Gasteiger partial charge on any atom is 0.266 e. The molecule has 1 atom stereocenters. The molecule has 0 radical (unpaired) electrons. The number of anilines is 1. The van der Waals surface area contributed by atoms with Gasteiger partial charge in [-0.05, 0) is 37.8 Å². The molecular formula is C25H28N4O4S2. The van der Waals surface area contributed by atoms with Crippen molar-refractivity contribution in [3.63, 3.8) is 0 Å². The minimum absolute atomic E-state index is 0.00694. The van der Waals surface area contributed by atoms with Crippen LogP contribution in [-0.2, 0) is 21.4 Å². The fourth-order valence-electron chi connectivity index (χ4n) is 5.14. The van der Waals surface area contributed by atoms with Crippen LogP contribution in [0.2, 0.25) is 0 Å². The first-order valence-electron chi connectivity index (χ1n) is 11.9. The summed E-state index contributed by atoms with van der Waals surface area (Å²) in [7, 11) is 1.74. The number of aromatic nitrogens is 1. The molecule has 3 saturated heterocycles. The van der Waals surface area contributed by atoms with E-state index in [1.165, 1.54) is 11.8 Å². The van der Waals surface area contributed by atoms with Crippen molar-refractivity contribution in [2.24, 2.45) is 18.7 Å². The summed E-state index contributed by atoms with van der Waals surface area (Å²) in [6, 6.07) is 7.75. The van der Waals surface area contributed by atoms with E-state index < -0.39 is 0 Å². The first-order chi connectivity index (χ1) is 16.8. The Bertz CT molecular complexity index is 1290. The van der Waals surface area contributed by atoms with E-state index in [1.807, 2.05) is 24.3 Å². The largest absolute Gasteiger partial charge is 0.376 e. The van der Waals surface area contributed by atoms with Gasteiger partial charge in [0.1, 0.15) is 4.32 Å². The molecule has 3 fully saturated rings. The monoisotopic (exact) mass is 512 g/mol. The third-order valence-electron chi connectivity index (χ3n) is 7.08. The average Bonchev–Trinajstić information content (AvgIpc) is 3.47. The van der Waals surface area contributed by atoms with Gasteiger partial charge in [-0.2, -0.15) is 0 Å². The molecule has 1 aromatic carbocycles. The van der Waals surface area contributed by atoms with Gasteiger partial charge >= 0.3 is 0 Å². The molecule has 5 rings (SSSR count). The maximum absolute atomic E-state index is 13.6. The molecule has 0 spiro atoms. The van der Waals surface area contributed by atoms with Crippen molar-refractivity contribution in [3.05, 3.63) is 45.1 Å². The van der Waals surface area contributed by atoms with E-state index in [1.54, 1.807) is 22.6 Å². The number of piperidine rings is 1. The lowest BCUT2D eigenvalue weighted by Crippen LogP contribution is -2.40.